The van der Waals surface area contributed by atoms with Gasteiger partial charge in [-0.05, 0) is 30.2 Å². The first-order valence-corrected chi connectivity index (χ1v) is 4.59. The van der Waals surface area contributed by atoms with E-state index in [4.69, 9.17) is 5.11 Å². The van der Waals surface area contributed by atoms with E-state index in [0.29, 0.717) is 0 Å². The first kappa shape index (κ1) is 9.02. The van der Waals surface area contributed by atoms with Gasteiger partial charge in [0.05, 0.1) is 0 Å². The molecule has 14 heavy (non-hydrogen) atoms. The molecule has 1 aromatic heterocycles. The van der Waals surface area contributed by atoms with Crippen LogP contribution in [-0.2, 0) is 0 Å². The molecule has 0 spiro atoms. The highest BCUT2D eigenvalue weighted by molar-refractivity contribution is 5.87. The predicted octanol–water partition coefficient (Wildman–Crippen LogP) is 1.09. The number of aromatic carboxylic acids is 1. The molecule has 0 atom stereocenters. The van der Waals surface area contributed by atoms with Gasteiger partial charge in [0, 0.05) is 12.7 Å². The Morgan fingerprint density at radius 1 is 1.50 bits per heavy atom. The number of aromatic amines is 1. The second-order valence-corrected chi connectivity index (χ2v) is 3.29. The van der Waals surface area contributed by atoms with E-state index in [1.165, 1.54) is 5.57 Å². The van der Waals surface area contributed by atoms with Gasteiger partial charge in [0.25, 0.3) is 0 Å². The standard InChI is InChI=1S/C10H12N2O2/c13-10(14)9-5-8(6-12-9)7-1-3-11-4-2-7/h1,5-6,11-12H,2-4H2,(H,13,14). The van der Waals surface area contributed by atoms with Crippen LogP contribution in [0.3, 0.4) is 0 Å². The van der Waals surface area contributed by atoms with E-state index < -0.39 is 5.97 Å². The van der Waals surface area contributed by atoms with Gasteiger partial charge in [-0.2, -0.15) is 0 Å². The minimum absolute atomic E-state index is 0.249. The molecular formula is C10H12N2O2. The van der Waals surface area contributed by atoms with E-state index in [2.05, 4.69) is 16.4 Å². The predicted molar refractivity (Wildman–Crippen MR) is 53.2 cm³/mol. The van der Waals surface area contributed by atoms with Crippen molar-refractivity contribution in [3.8, 4) is 0 Å². The Morgan fingerprint density at radius 2 is 2.36 bits per heavy atom. The van der Waals surface area contributed by atoms with Gasteiger partial charge in [-0.3, -0.25) is 0 Å². The van der Waals surface area contributed by atoms with Crippen LogP contribution in [0.4, 0.5) is 0 Å². The third-order valence-corrected chi connectivity index (χ3v) is 2.35. The molecule has 4 nitrogen and oxygen atoms in total. The fraction of sp³-hybridized carbons (Fsp3) is 0.300. The molecule has 4 heteroatoms. The number of carboxylic acids is 1. The van der Waals surface area contributed by atoms with Crippen LogP contribution in [0, 0.1) is 0 Å². The molecule has 0 amide bonds. The van der Waals surface area contributed by atoms with E-state index in [0.717, 1.165) is 25.1 Å². The van der Waals surface area contributed by atoms with Crippen molar-refractivity contribution in [2.75, 3.05) is 13.1 Å². The van der Waals surface area contributed by atoms with Crippen LogP contribution in [0.25, 0.3) is 5.57 Å². The van der Waals surface area contributed by atoms with Gasteiger partial charge in [-0.25, -0.2) is 4.79 Å². The largest absolute Gasteiger partial charge is 0.477 e. The van der Waals surface area contributed by atoms with Gasteiger partial charge >= 0.3 is 5.97 Å². The van der Waals surface area contributed by atoms with Crippen molar-refractivity contribution in [1.29, 1.82) is 0 Å². The molecule has 0 bridgehead atoms. The molecule has 0 radical (unpaired) electrons. The van der Waals surface area contributed by atoms with Crippen molar-refractivity contribution in [3.63, 3.8) is 0 Å². The molecule has 2 rings (SSSR count). The summed E-state index contributed by atoms with van der Waals surface area (Å²) in [5.74, 6) is -0.911. The average molecular weight is 192 g/mol. The Morgan fingerprint density at radius 3 is 2.93 bits per heavy atom. The van der Waals surface area contributed by atoms with Crippen LogP contribution >= 0.6 is 0 Å². The van der Waals surface area contributed by atoms with Gasteiger partial charge in [-0.15, -0.1) is 0 Å². The van der Waals surface area contributed by atoms with Crippen LogP contribution in [0.15, 0.2) is 18.3 Å². The summed E-state index contributed by atoms with van der Waals surface area (Å²) in [7, 11) is 0. The van der Waals surface area contributed by atoms with Crippen molar-refractivity contribution in [2.45, 2.75) is 6.42 Å². The number of aromatic nitrogens is 1. The first-order valence-electron chi connectivity index (χ1n) is 4.59. The zero-order valence-electron chi connectivity index (χ0n) is 7.71. The Labute approximate surface area is 81.6 Å². The molecule has 0 unspecified atom stereocenters. The Kier molecular flexibility index (Phi) is 2.37. The lowest BCUT2D eigenvalue weighted by Crippen LogP contribution is -2.19. The number of rotatable bonds is 2. The van der Waals surface area contributed by atoms with Gasteiger partial charge in [0.1, 0.15) is 5.69 Å². The van der Waals surface area contributed by atoms with Crippen LogP contribution in [-0.4, -0.2) is 29.1 Å². The Bertz CT molecular complexity index is 379. The monoisotopic (exact) mass is 192 g/mol. The lowest BCUT2D eigenvalue weighted by molar-refractivity contribution is 0.0691. The number of hydrogen-bond donors (Lipinski definition) is 3. The van der Waals surface area contributed by atoms with E-state index in [-0.39, 0.29) is 5.69 Å². The highest BCUT2D eigenvalue weighted by atomic mass is 16.4. The lowest BCUT2D eigenvalue weighted by Gasteiger charge is -2.12. The van der Waals surface area contributed by atoms with Crippen molar-refractivity contribution in [3.05, 3.63) is 29.6 Å². The van der Waals surface area contributed by atoms with E-state index in [1.807, 2.05) is 0 Å². The maximum Gasteiger partial charge on any atom is 0.352 e. The fourth-order valence-electron chi connectivity index (χ4n) is 1.59. The first-order chi connectivity index (χ1) is 6.77. The SMILES string of the molecule is O=C(O)c1cc(C2=CCNCC2)c[nH]1. The number of carbonyl (C=O) groups is 1. The van der Waals surface area contributed by atoms with E-state index >= 15 is 0 Å². The van der Waals surface area contributed by atoms with Crippen molar-refractivity contribution < 1.29 is 9.90 Å². The molecular weight excluding hydrogens is 180 g/mol. The minimum atomic E-state index is -0.911. The molecule has 74 valence electrons. The summed E-state index contributed by atoms with van der Waals surface area (Å²) in [6, 6.07) is 1.68. The van der Waals surface area contributed by atoms with Crippen molar-refractivity contribution in [1.82, 2.24) is 10.3 Å². The lowest BCUT2D eigenvalue weighted by atomic mass is 10.0. The van der Waals surface area contributed by atoms with Crippen molar-refractivity contribution >= 4 is 11.5 Å². The minimum Gasteiger partial charge on any atom is -0.477 e. The molecule has 0 saturated heterocycles. The normalized spacial score (nSPS) is 16.4. The summed E-state index contributed by atoms with van der Waals surface area (Å²) in [4.78, 5) is 13.4. The summed E-state index contributed by atoms with van der Waals surface area (Å²) < 4.78 is 0. The van der Waals surface area contributed by atoms with Gasteiger partial charge in [0.2, 0.25) is 0 Å². The zero-order chi connectivity index (χ0) is 9.97. The second kappa shape index (κ2) is 3.67. The second-order valence-electron chi connectivity index (χ2n) is 3.29. The number of nitrogens with one attached hydrogen (secondary N) is 2. The van der Waals surface area contributed by atoms with E-state index in [9.17, 15) is 4.79 Å². The topological polar surface area (TPSA) is 65.1 Å². The van der Waals surface area contributed by atoms with Crippen LogP contribution in [0.2, 0.25) is 0 Å². The third kappa shape index (κ3) is 1.70. The Balaban J connectivity index is 2.23. The molecule has 1 aliphatic heterocycles. The molecule has 0 aliphatic carbocycles. The highest BCUT2D eigenvalue weighted by Gasteiger charge is 2.10. The van der Waals surface area contributed by atoms with Crippen LogP contribution in [0.1, 0.15) is 22.5 Å². The molecule has 0 fully saturated rings. The molecule has 0 saturated carbocycles. The average Bonchev–Trinajstić information content (AvgIpc) is 2.68. The number of hydrogen-bond acceptors (Lipinski definition) is 2. The molecule has 3 N–H and O–H groups in total. The van der Waals surface area contributed by atoms with E-state index in [1.54, 1.807) is 12.3 Å². The van der Waals surface area contributed by atoms with Gasteiger partial charge in [-0.1, -0.05) is 6.08 Å². The number of carboxylic acid groups (broad SMARTS) is 1. The zero-order valence-corrected chi connectivity index (χ0v) is 7.71. The maximum atomic E-state index is 10.6. The maximum absolute atomic E-state index is 10.6. The Hall–Kier alpha value is -1.55. The van der Waals surface area contributed by atoms with Gasteiger partial charge < -0.3 is 15.4 Å². The molecule has 1 aromatic rings. The summed E-state index contributed by atoms with van der Waals surface area (Å²) in [6.07, 6.45) is 4.80. The van der Waals surface area contributed by atoms with Crippen LogP contribution in [0.5, 0.6) is 0 Å². The summed E-state index contributed by atoms with van der Waals surface area (Å²) in [5, 5.41) is 11.9. The molecule has 2 heterocycles. The van der Waals surface area contributed by atoms with Crippen LogP contribution < -0.4 is 5.32 Å². The molecule has 0 aromatic carbocycles. The third-order valence-electron chi connectivity index (χ3n) is 2.35. The summed E-state index contributed by atoms with van der Waals surface area (Å²) in [5.41, 5.74) is 2.45. The molecule has 1 aliphatic rings. The van der Waals surface area contributed by atoms with Crippen molar-refractivity contribution in [2.24, 2.45) is 0 Å². The fourth-order valence-corrected chi connectivity index (χ4v) is 1.59. The smallest absolute Gasteiger partial charge is 0.352 e. The summed E-state index contributed by atoms with van der Waals surface area (Å²) in [6.45, 7) is 1.82. The summed E-state index contributed by atoms with van der Waals surface area (Å²) >= 11 is 0. The highest BCUT2D eigenvalue weighted by Crippen LogP contribution is 2.20. The number of H-pyrrole nitrogens is 1. The quantitative estimate of drug-likeness (QED) is 0.657. The van der Waals surface area contributed by atoms with Gasteiger partial charge in [0.15, 0.2) is 0 Å².